The molecular weight excluding hydrogens is 228 g/mol. The normalized spacial score (nSPS) is 10.7. The van der Waals surface area contributed by atoms with Gasteiger partial charge in [-0.1, -0.05) is 5.21 Å². The van der Waals surface area contributed by atoms with E-state index in [1.54, 1.807) is 7.11 Å². The Kier molecular flexibility index (Phi) is 5.53. The summed E-state index contributed by atoms with van der Waals surface area (Å²) in [7, 11) is 1.59. The lowest BCUT2D eigenvalue weighted by molar-refractivity contribution is 0.0648. The van der Waals surface area contributed by atoms with E-state index in [1.165, 1.54) is 4.68 Å². The highest BCUT2D eigenvalue weighted by atomic mass is 16.5. The third-order valence-corrected chi connectivity index (χ3v) is 2.11. The molecule has 1 aromatic rings. The molecule has 0 aliphatic carbocycles. The molecule has 0 amide bonds. The van der Waals surface area contributed by atoms with Gasteiger partial charge in [0.2, 0.25) is 0 Å². The van der Waals surface area contributed by atoms with Crippen molar-refractivity contribution in [3.05, 3.63) is 11.4 Å². The number of nitrogens with two attached hydrogens (primary N) is 1. The Morgan fingerprint density at radius 3 is 2.82 bits per heavy atom. The van der Waals surface area contributed by atoms with Gasteiger partial charge in [0.15, 0.2) is 5.69 Å². The molecule has 3 N–H and O–H groups in total. The molecule has 1 rings (SSSR count). The molecule has 0 aliphatic rings. The number of carboxylic acids is 1. The van der Waals surface area contributed by atoms with Crippen LogP contribution >= 0.6 is 0 Å². The quantitative estimate of drug-likeness (QED) is 0.569. The van der Waals surface area contributed by atoms with E-state index in [4.69, 9.17) is 20.3 Å². The summed E-state index contributed by atoms with van der Waals surface area (Å²) in [6.07, 6.45) is 0. The second-order valence-electron chi connectivity index (χ2n) is 3.22. The third kappa shape index (κ3) is 3.77. The number of aromatic nitrogens is 3. The van der Waals surface area contributed by atoms with Gasteiger partial charge in [-0.15, -0.1) is 5.10 Å². The van der Waals surface area contributed by atoms with Gasteiger partial charge in [0.25, 0.3) is 0 Å². The van der Waals surface area contributed by atoms with Crippen LogP contribution in [0.25, 0.3) is 0 Å². The molecular formula is C9H16N4O4. The topological polar surface area (TPSA) is 112 Å². The summed E-state index contributed by atoms with van der Waals surface area (Å²) in [6, 6.07) is 0. The van der Waals surface area contributed by atoms with Gasteiger partial charge >= 0.3 is 5.97 Å². The average Bonchev–Trinajstić information content (AvgIpc) is 2.71. The van der Waals surface area contributed by atoms with E-state index < -0.39 is 5.97 Å². The Balaban J connectivity index is 2.50. The van der Waals surface area contributed by atoms with Crippen LogP contribution in [0.3, 0.4) is 0 Å². The monoisotopic (exact) mass is 244 g/mol. The fourth-order valence-electron chi connectivity index (χ4n) is 1.28. The van der Waals surface area contributed by atoms with Crippen molar-refractivity contribution in [1.29, 1.82) is 0 Å². The Labute approximate surface area is 98.3 Å². The van der Waals surface area contributed by atoms with Crippen LogP contribution in [-0.4, -0.2) is 53.0 Å². The smallest absolute Gasteiger partial charge is 0.358 e. The van der Waals surface area contributed by atoms with E-state index >= 15 is 0 Å². The van der Waals surface area contributed by atoms with Gasteiger partial charge < -0.3 is 20.3 Å². The highest BCUT2D eigenvalue weighted by Crippen LogP contribution is 2.04. The summed E-state index contributed by atoms with van der Waals surface area (Å²) in [5.41, 5.74) is 5.75. The maximum absolute atomic E-state index is 10.8. The molecule has 8 nitrogen and oxygen atoms in total. The maximum Gasteiger partial charge on any atom is 0.358 e. The van der Waals surface area contributed by atoms with Gasteiger partial charge in [-0.3, -0.25) is 0 Å². The summed E-state index contributed by atoms with van der Waals surface area (Å²) in [5, 5.41) is 16.1. The second kappa shape index (κ2) is 6.94. The van der Waals surface area contributed by atoms with Gasteiger partial charge in [0.1, 0.15) is 0 Å². The SMILES string of the molecule is COCCOCCn1nnc(C(=O)O)c1CN. The van der Waals surface area contributed by atoms with Gasteiger partial charge in [-0.2, -0.15) is 0 Å². The minimum Gasteiger partial charge on any atom is -0.476 e. The van der Waals surface area contributed by atoms with Crippen molar-refractivity contribution in [1.82, 2.24) is 15.0 Å². The van der Waals surface area contributed by atoms with Crippen LogP contribution in [0.4, 0.5) is 0 Å². The zero-order valence-electron chi connectivity index (χ0n) is 9.63. The van der Waals surface area contributed by atoms with Crippen molar-refractivity contribution < 1.29 is 19.4 Å². The lowest BCUT2D eigenvalue weighted by Gasteiger charge is -2.06. The van der Waals surface area contributed by atoms with E-state index in [0.717, 1.165) is 0 Å². The predicted molar refractivity (Wildman–Crippen MR) is 57.6 cm³/mol. The van der Waals surface area contributed by atoms with Crippen molar-refractivity contribution in [2.45, 2.75) is 13.1 Å². The lowest BCUT2D eigenvalue weighted by Crippen LogP contribution is -2.16. The number of ether oxygens (including phenoxy) is 2. The maximum atomic E-state index is 10.8. The summed E-state index contributed by atoms with van der Waals surface area (Å²) in [5.74, 6) is -1.13. The van der Waals surface area contributed by atoms with Crippen molar-refractivity contribution in [2.24, 2.45) is 5.73 Å². The van der Waals surface area contributed by atoms with Crippen molar-refractivity contribution >= 4 is 5.97 Å². The minimum absolute atomic E-state index is 0.0761. The molecule has 0 fully saturated rings. The van der Waals surface area contributed by atoms with Gasteiger partial charge in [0.05, 0.1) is 32.1 Å². The molecule has 0 radical (unpaired) electrons. The Bertz CT molecular complexity index is 366. The van der Waals surface area contributed by atoms with Crippen molar-refractivity contribution in [2.75, 3.05) is 26.9 Å². The first-order chi connectivity index (χ1) is 8.20. The van der Waals surface area contributed by atoms with E-state index in [1.807, 2.05) is 0 Å². The number of methoxy groups -OCH3 is 1. The first-order valence-electron chi connectivity index (χ1n) is 5.13. The predicted octanol–water partition coefficient (Wildman–Crippen LogP) is -0.902. The molecule has 0 aromatic carbocycles. The van der Waals surface area contributed by atoms with Gasteiger partial charge in [0, 0.05) is 13.7 Å². The molecule has 96 valence electrons. The molecule has 1 aromatic heterocycles. The Morgan fingerprint density at radius 1 is 1.47 bits per heavy atom. The molecule has 17 heavy (non-hydrogen) atoms. The van der Waals surface area contributed by atoms with Crippen LogP contribution in [-0.2, 0) is 22.6 Å². The molecule has 0 saturated heterocycles. The van der Waals surface area contributed by atoms with Gasteiger partial charge in [-0.25, -0.2) is 9.48 Å². The summed E-state index contributed by atoms with van der Waals surface area (Å²) < 4.78 is 11.5. The molecule has 0 aliphatic heterocycles. The van der Waals surface area contributed by atoms with E-state index in [2.05, 4.69) is 10.3 Å². The molecule has 0 bridgehead atoms. The molecule has 8 heteroatoms. The van der Waals surface area contributed by atoms with E-state index in [0.29, 0.717) is 32.1 Å². The van der Waals surface area contributed by atoms with E-state index in [9.17, 15) is 4.79 Å². The number of hydrogen-bond acceptors (Lipinski definition) is 6. The molecule has 0 spiro atoms. The number of carbonyl (C=O) groups is 1. The fourth-order valence-corrected chi connectivity index (χ4v) is 1.28. The first kappa shape index (κ1) is 13.6. The summed E-state index contributed by atoms with van der Waals surface area (Å²) in [6.45, 7) is 1.89. The number of nitrogens with zero attached hydrogens (tertiary/aromatic N) is 3. The number of hydrogen-bond donors (Lipinski definition) is 2. The number of carboxylic acid groups (broad SMARTS) is 1. The minimum atomic E-state index is -1.13. The second-order valence-corrected chi connectivity index (χ2v) is 3.22. The Morgan fingerprint density at radius 2 is 2.24 bits per heavy atom. The molecule has 1 heterocycles. The highest BCUT2D eigenvalue weighted by Gasteiger charge is 2.17. The van der Waals surface area contributed by atoms with Crippen molar-refractivity contribution in [3.8, 4) is 0 Å². The van der Waals surface area contributed by atoms with Crippen LogP contribution in [0.15, 0.2) is 0 Å². The van der Waals surface area contributed by atoms with Crippen LogP contribution in [0.2, 0.25) is 0 Å². The zero-order chi connectivity index (χ0) is 12.7. The third-order valence-electron chi connectivity index (χ3n) is 2.11. The van der Waals surface area contributed by atoms with Crippen LogP contribution < -0.4 is 5.73 Å². The standard InChI is InChI=1S/C9H16N4O4/c1-16-4-5-17-3-2-13-7(6-10)8(9(14)15)11-12-13/h2-6,10H2,1H3,(H,14,15). The Hall–Kier alpha value is -1.51. The largest absolute Gasteiger partial charge is 0.476 e. The summed E-state index contributed by atoms with van der Waals surface area (Å²) in [4.78, 5) is 10.8. The fraction of sp³-hybridized carbons (Fsp3) is 0.667. The zero-order valence-corrected chi connectivity index (χ0v) is 9.63. The lowest BCUT2D eigenvalue weighted by atomic mass is 10.3. The van der Waals surface area contributed by atoms with Crippen molar-refractivity contribution in [3.63, 3.8) is 0 Å². The first-order valence-corrected chi connectivity index (χ1v) is 5.13. The molecule has 0 saturated carbocycles. The molecule has 0 unspecified atom stereocenters. The van der Waals surface area contributed by atoms with Gasteiger partial charge in [-0.05, 0) is 0 Å². The summed E-state index contributed by atoms with van der Waals surface area (Å²) >= 11 is 0. The van der Waals surface area contributed by atoms with Crippen LogP contribution in [0, 0.1) is 0 Å². The van der Waals surface area contributed by atoms with Crippen LogP contribution in [0.5, 0.6) is 0 Å². The average molecular weight is 244 g/mol. The number of aromatic carboxylic acids is 1. The number of rotatable bonds is 8. The molecule has 0 atom stereocenters. The van der Waals surface area contributed by atoms with E-state index in [-0.39, 0.29) is 12.2 Å². The highest BCUT2D eigenvalue weighted by molar-refractivity contribution is 5.86. The van der Waals surface area contributed by atoms with Crippen LogP contribution in [0.1, 0.15) is 16.2 Å².